The summed E-state index contributed by atoms with van der Waals surface area (Å²) in [5, 5.41) is 5.05. The third-order valence-corrected chi connectivity index (χ3v) is 11.1. The van der Waals surface area contributed by atoms with E-state index >= 15 is 0 Å². The molecule has 1 aliphatic rings. The number of benzene rings is 9. The van der Waals surface area contributed by atoms with E-state index in [1.54, 1.807) is 0 Å². The van der Waals surface area contributed by atoms with Crippen LogP contribution in [0.2, 0.25) is 0 Å². The minimum absolute atomic E-state index is 0.644. The highest BCUT2D eigenvalue weighted by Crippen LogP contribution is 2.51. The Bertz CT molecular complexity index is 3040. The molecule has 10 aromatic rings. The lowest BCUT2D eigenvalue weighted by atomic mass is 9.89. The van der Waals surface area contributed by atoms with Gasteiger partial charge in [0.25, 0.3) is 0 Å². The topological polar surface area (TPSA) is 38.7 Å². The van der Waals surface area contributed by atoms with Gasteiger partial charge < -0.3 is 0 Å². The molecule has 0 aliphatic heterocycles. The molecule has 0 amide bonds. The van der Waals surface area contributed by atoms with E-state index in [0.717, 1.165) is 22.3 Å². The molecule has 1 heterocycles. The van der Waals surface area contributed by atoms with E-state index in [9.17, 15) is 0 Å². The maximum atomic E-state index is 4.96. The number of hydrogen-bond acceptors (Lipinski definition) is 3. The molecule has 1 aliphatic carbocycles. The van der Waals surface area contributed by atoms with Gasteiger partial charge in [-0.2, -0.15) is 0 Å². The molecule has 1 aromatic heterocycles. The summed E-state index contributed by atoms with van der Waals surface area (Å²) in [6.07, 6.45) is 0. The fourth-order valence-corrected chi connectivity index (χ4v) is 8.34. The van der Waals surface area contributed by atoms with E-state index in [4.69, 9.17) is 15.0 Å². The highest BCUT2D eigenvalue weighted by molar-refractivity contribution is 6.19. The number of aromatic nitrogens is 3. The molecule has 0 atom stereocenters. The summed E-state index contributed by atoms with van der Waals surface area (Å²) in [5.41, 5.74) is 15.3. The van der Waals surface area contributed by atoms with Crippen molar-refractivity contribution in [2.45, 2.75) is 0 Å². The van der Waals surface area contributed by atoms with Gasteiger partial charge in [-0.05, 0) is 89.3 Å². The molecule has 260 valence electrons. The predicted molar refractivity (Wildman–Crippen MR) is 232 cm³/mol. The monoisotopic (exact) mass is 711 g/mol. The highest BCUT2D eigenvalue weighted by Gasteiger charge is 2.24. The molecule has 0 bridgehead atoms. The van der Waals surface area contributed by atoms with Crippen molar-refractivity contribution in [3.63, 3.8) is 0 Å². The van der Waals surface area contributed by atoms with E-state index in [1.165, 1.54) is 71.6 Å². The molecule has 3 heteroatoms. The van der Waals surface area contributed by atoms with Gasteiger partial charge in [0.05, 0.1) is 0 Å². The van der Waals surface area contributed by atoms with Gasteiger partial charge in [-0.15, -0.1) is 0 Å². The van der Waals surface area contributed by atoms with E-state index in [0.29, 0.717) is 17.5 Å². The summed E-state index contributed by atoms with van der Waals surface area (Å²) < 4.78 is 0. The van der Waals surface area contributed by atoms with Gasteiger partial charge in [0.15, 0.2) is 17.5 Å². The summed E-state index contributed by atoms with van der Waals surface area (Å²) in [7, 11) is 0. The number of fused-ring (bicyclic) bond motifs is 4. The summed E-state index contributed by atoms with van der Waals surface area (Å²) in [6.45, 7) is 0. The van der Waals surface area contributed by atoms with Crippen molar-refractivity contribution in [3.05, 3.63) is 200 Å². The van der Waals surface area contributed by atoms with Crippen molar-refractivity contribution in [3.8, 4) is 89.8 Å². The van der Waals surface area contributed by atoms with Crippen LogP contribution in [0.25, 0.3) is 111 Å². The Hall–Kier alpha value is -7.49. The Balaban J connectivity index is 0.996. The van der Waals surface area contributed by atoms with E-state index in [-0.39, 0.29) is 0 Å². The van der Waals surface area contributed by atoms with Crippen LogP contribution in [0.5, 0.6) is 0 Å². The maximum Gasteiger partial charge on any atom is 0.164 e. The summed E-state index contributed by atoms with van der Waals surface area (Å²) >= 11 is 0. The van der Waals surface area contributed by atoms with Gasteiger partial charge >= 0.3 is 0 Å². The molecule has 56 heavy (non-hydrogen) atoms. The van der Waals surface area contributed by atoms with Gasteiger partial charge in [0, 0.05) is 16.7 Å². The summed E-state index contributed by atoms with van der Waals surface area (Å²) in [6, 6.07) is 71.3. The van der Waals surface area contributed by atoms with E-state index in [2.05, 4.69) is 140 Å². The van der Waals surface area contributed by atoms with Crippen LogP contribution in [-0.4, -0.2) is 15.0 Å². The van der Waals surface area contributed by atoms with Crippen LogP contribution in [-0.2, 0) is 0 Å². The van der Waals surface area contributed by atoms with Crippen molar-refractivity contribution < 1.29 is 0 Å². The zero-order valence-electron chi connectivity index (χ0n) is 30.4. The van der Waals surface area contributed by atoms with E-state index in [1.807, 2.05) is 60.7 Å². The molecule has 3 nitrogen and oxygen atoms in total. The zero-order chi connectivity index (χ0) is 37.0. The largest absolute Gasteiger partial charge is 0.208 e. The van der Waals surface area contributed by atoms with Gasteiger partial charge in [-0.25, -0.2) is 15.0 Å². The molecule has 0 fully saturated rings. The van der Waals surface area contributed by atoms with Crippen molar-refractivity contribution in [1.82, 2.24) is 15.0 Å². The predicted octanol–water partition coefficient (Wildman–Crippen LogP) is 13.8. The average molecular weight is 712 g/mol. The fourth-order valence-electron chi connectivity index (χ4n) is 8.34. The Morgan fingerprint density at radius 1 is 0.232 bits per heavy atom. The van der Waals surface area contributed by atoms with Crippen LogP contribution in [0.1, 0.15) is 0 Å². The molecule has 0 radical (unpaired) electrons. The van der Waals surface area contributed by atoms with Crippen LogP contribution in [0, 0.1) is 0 Å². The van der Waals surface area contributed by atoms with Crippen LogP contribution in [0.4, 0.5) is 0 Å². The van der Waals surface area contributed by atoms with Gasteiger partial charge in [-0.3, -0.25) is 0 Å². The maximum absolute atomic E-state index is 4.96. The normalized spacial score (nSPS) is 11.6. The van der Waals surface area contributed by atoms with E-state index < -0.39 is 0 Å². The minimum Gasteiger partial charge on any atom is -0.208 e. The summed E-state index contributed by atoms with van der Waals surface area (Å²) in [5.74, 6) is 1.95. The van der Waals surface area contributed by atoms with Crippen LogP contribution >= 0.6 is 0 Å². The van der Waals surface area contributed by atoms with Gasteiger partial charge in [0.1, 0.15) is 0 Å². The van der Waals surface area contributed by atoms with Gasteiger partial charge in [-0.1, -0.05) is 188 Å². The number of hydrogen-bond donors (Lipinski definition) is 0. The smallest absolute Gasteiger partial charge is 0.164 e. The second-order valence-corrected chi connectivity index (χ2v) is 14.4. The SMILES string of the molecule is c1ccc(-c2nc(-c3ccccc3)nc(-c3ccc(-c4cc5ccccc5cc4-c4ccc(-c5ccc6cccc7c6c5-c5ccccc5-7)cc4)cc3)n2)cc1. The molecule has 0 saturated heterocycles. The Kier molecular flexibility index (Phi) is 7.49. The van der Waals surface area contributed by atoms with Crippen LogP contribution in [0.3, 0.4) is 0 Å². The molecule has 0 spiro atoms. The molecule has 0 unspecified atom stereocenters. The molecule has 0 N–H and O–H groups in total. The first-order valence-electron chi connectivity index (χ1n) is 19.0. The van der Waals surface area contributed by atoms with Gasteiger partial charge in [0.2, 0.25) is 0 Å². The van der Waals surface area contributed by atoms with Crippen LogP contribution < -0.4 is 0 Å². The quantitative estimate of drug-likeness (QED) is 0.172. The first-order chi connectivity index (χ1) is 27.7. The average Bonchev–Trinajstić information content (AvgIpc) is 3.62. The fraction of sp³-hybridized carbons (Fsp3) is 0. The lowest BCUT2D eigenvalue weighted by Gasteiger charge is -2.15. The van der Waals surface area contributed by atoms with Crippen molar-refractivity contribution >= 4 is 21.5 Å². The molecular weight excluding hydrogens is 679 g/mol. The highest BCUT2D eigenvalue weighted by atomic mass is 15.0. The Morgan fingerprint density at radius 2 is 0.643 bits per heavy atom. The third kappa shape index (κ3) is 5.40. The molecular formula is C53H33N3. The molecule has 11 rings (SSSR count). The van der Waals surface area contributed by atoms with Crippen molar-refractivity contribution in [1.29, 1.82) is 0 Å². The van der Waals surface area contributed by atoms with Crippen molar-refractivity contribution in [2.75, 3.05) is 0 Å². The molecule has 9 aromatic carbocycles. The second kappa shape index (κ2) is 13.1. The summed E-state index contributed by atoms with van der Waals surface area (Å²) in [4.78, 5) is 14.8. The third-order valence-electron chi connectivity index (χ3n) is 11.1. The first kappa shape index (κ1) is 32.0. The lowest BCUT2D eigenvalue weighted by Crippen LogP contribution is -2.00. The first-order valence-corrected chi connectivity index (χ1v) is 19.0. The molecule has 0 saturated carbocycles. The van der Waals surface area contributed by atoms with Crippen molar-refractivity contribution in [2.24, 2.45) is 0 Å². The Morgan fingerprint density at radius 3 is 1.20 bits per heavy atom. The number of rotatable bonds is 6. The standard InChI is InChI=1S/C53H33N3/c1-3-12-38(13-4-1)51-54-52(39-14-5-2-6-15-39)56-53(55-51)40-28-26-36(27-29-40)48-33-42-17-8-7-16-41(42)32-47(48)35-24-22-34(23-25-35)43-31-30-37-18-11-21-45-44-19-9-10-20-46(44)50(43)49(37)45/h1-33H. The zero-order valence-corrected chi connectivity index (χ0v) is 30.4. The second-order valence-electron chi connectivity index (χ2n) is 14.4. The lowest BCUT2D eigenvalue weighted by molar-refractivity contribution is 1.07. The number of nitrogens with zero attached hydrogens (tertiary/aromatic N) is 3. The Labute approximate surface area is 325 Å². The minimum atomic E-state index is 0.644. The van der Waals surface area contributed by atoms with Crippen LogP contribution in [0.15, 0.2) is 200 Å².